The minimum atomic E-state index is -0.221. The number of halogens is 1. The van der Waals surface area contributed by atoms with Crippen LogP contribution in [0.5, 0.6) is 0 Å². The zero-order valence-electron chi connectivity index (χ0n) is 11.1. The van der Waals surface area contributed by atoms with E-state index in [9.17, 15) is 9.18 Å². The molecule has 0 spiro atoms. The predicted molar refractivity (Wildman–Crippen MR) is 74.8 cm³/mol. The summed E-state index contributed by atoms with van der Waals surface area (Å²) in [7, 11) is 0. The maximum absolute atomic E-state index is 13.0. The topological polar surface area (TPSA) is 34.0 Å². The first-order chi connectivity index (χ1) is 9.10. The van der Waals surface area contributed by atoms with Crippen LogP contribution in [0.1, 0.15) is 18.1 Å². The first-order valence-electron chi connectivity index (χ1n) is 6.29. The summed E-state index contributed by atoms with van der Waals surface area (Å²) in [5.41, 5.74) is 2.82. The molecule has 0 bridgehead atoms. The van der Waals surface area contributed by atoms with E-state index in [0.717, 1.165) is 16.8 Å². The molecule has 2 aromatic rings. The van der Waals surface area contributed by atoms with Crippen molar-refractivity contribution in [2.24, 2.45) is 0 Å². The number of pyridine rings is 1. The molecule has 2 rings (SSSR count). The number of nitrogens with one attached hydrogen (secondary N) is 1. The summed E-state index contributed by atoms with van der Waals surface area (Å²) in [5.74, 6) is -0.221. The first-order valence-corrected chi connectivity index (χ1v) is 6.29. The van der Waals surface area contributed by atoms with Crippen molar-refractivity contribution in [2.75, 3.05) is 5.32 Å². The zero-order valence-corrected chi connectivity index (χ0v) is 11.1. The van der Waals surface area contributed by atoms with Crippen LogP contribution in [0.3, 0.4) is 0 Å². The van der Waals surface area contributed by atoms with Gasteiger partial charge in [-0.3, -0.25) is 4.79 Å². The summed E-state index contributed by atoms with van der Waals surface area (Å²) in [4.78, 5) is 11.5. The molecule has 19 heavy (non-hydrogen) atoms. The molecule has 0 saturated heterocycles. The fraction of sp³-hybridized carbons (Fsp3) is 0.267. The molecule has 1 aromatic heterocycles. The van der Waals surface area contributed by atoms with Gasteiger partial charge in [-0.05, 0) is 43.2 Å². The molecule has 0 atom stereocenters. The molecular weight excluding hydrogens is 243 g/mol. The van der Waals surface area contributed by atoms with E-state index in [4.69, 9.17) is 0 Å². The van der Waals surface area contributed by atoms with Gasteiger partial charge in [-0.25, -0.2) is 4.39 Å². The molecule has 0 aliphatic heterocycles. The van der Waals surface area contributed by atoms with Crippen LogP contribution in [0.15, 0.2) is 41.3 Å². The number of rotatable bonds is 4. The standard InChI is InChI=1S/C15H17FN2O/c1-3-18-10-14(6-7-15(18)19)17-9-12-4-5-13(16)8-11(12)2/h4-8,10,17H,3,9H2,1-2H3. The molecule has 1 heterocycles. The minimum Gasteiger partial charge on any atom is -0.380 e. The molecule has 3 nitrogen and oxygen atoms in total. The van der Waals surface area contributed by atoms with Gasteiger partial charge in [-0.1, -0.05) is 6.07 Å². The second-order valence-corrected chi connectivity index (χ2v) is 4.47. The van der Waals surface area contributed by atoms with Gasteiger partial charge >= 0.3 is 0 Å². The molecule has 0 aliphatic rings. The third kappa shape index (κ3) is 3.22. The maximum Gasteiger partial charge on any atom is 0.250 e. The van der Waals surface area contributed by atoms with Crippen LogP contribution >= 0.6 is 0 Å². The molecular formula is C15H17FN2O. The van der Waals surface area contributed by atoms with E-state index >= 15 is 0 Å². The highest BCUT2D eigenvalue weighted by molar-refractivity contribution is 5.42. The Kier molecular flexibility index (Phi) is 4.00. The van der Waals surface area contributed by atoms with E-state index < -0.39 is 0 Å². The number of aromatic nitrogens is 1. The van der Waals surface area contributed by atoms with Gasteiger partial charge in [-0.15, -0.1) is 0 Å². The van der Waals surface area contributed by atoms with Crippen molar-refractivity contribution < 1.29 is 4.39 Å². The second-order valence-electron chi connectivity index (χ2n) is 4.47. The Labute approximate surface area is 111 Å². The Hall–Kier alpha value is -2.10. The van der Waals surface area contributed by atoms with E-state index in [1.807, 2.05) is 13.8 Å². The van der Waals surface area contributed by atoms with Crippen LogP contribution in [0, 0.1) is 12.7 Å². The normalized spacial score (nSPS) is 10.5. The zero-order chi connectivity index (χ0) is 13.8. The summed E-state index contributed by atoms with van der Waals surface area (Å²) < 4.78 is 14.6. The summed E-state index contributed by atoms with van der Waals surface area (Å²) >= 11 is 0. The van der Waals surface area contributed by atoms with Gasteiger partial charge in [0.2, 0.25) is 0 Å². The van der Waals surface area contributed by atoms with Gasteiger partial charge in [0, 0.05) is 25.4 Å². The number of hydrogen-bond acceptors (Lipinski definition) is 2. The third-order valence-corrected chi connectivity index (χ3v) is 3.11. The molecule has 0 radical (unpaired) electrons. The number of hydrogen-bond donors (Lipinski definition) is 1. The minimum absolute atomic E-state index is 0.00832. The highest BCUT2D eigenvalue weighted by Crippen LogP contribution is 2.12. The van der Waals surface area contributed by atoms with Gasteiger partial charge in [0.05, 0.1) is 5.69 Å². The van der Waals surface area contributed by atoms with Crippen molar-refractivity contribution in [3.63, 3.8) is 0 Å². The predicted octanol–water partition coefficient (Wildman–Crippen LogP) is 2.93. The number of benzene rings is 1. The molecule has 0 saturated carbocycles. The Balaban J connectivity index is 2.12. The Bertz CT molecular complexity index is 634. The third-order valence-electron chi connectivity index (χ3n) is 3.11. The quantitative estimate of drug-likeness (QED) is 0.917. The van der Waals surface area contributed by atoms with E-state index in [1.165, 1.54) is 12.1 Å². The molecule has 0 amide bonds. The van der Waals surface area contributed by atoms with Crippen LogP contribution < -0.4 is 10.9 Å². The molecule has 1 N–H and O–H groups in total. The Morgan fingerprint density at radius 1 is 1.26 bits per heavy atom. The first kappa shape index (κ1) is 13.3. The van der Waals surface area contributed by atoms with Crippen LogP contribution in [0.4, 0.5) is 10.1 Å². The van der Waals surface area contributed by atoms with E-state index in [-0.39, 0.29) is 11.4 Å². The van der Waals surface area contributed by atoms with Gasteiger partial charge in [0.1, 0.15) is 5.82 Å². The number of nitrogens with zero attached hydrogens (tertiary/aromatic N) is 1. The monoisotopic (exact) mass is 260 g/mol. The lowest BCUT2D eigenvalue weighted by Crippen LogP contribution is -2.17. The van der Waals surface area contributed by atoms with Crippen molar-refractivity contribution in [2.45, 2.75) is 26.9 Å². The summed E-state index contributed by atoms with van der Waals surface area (Å²) in [6.45, 7) is 5.06. The van der Waals surface area contributed by atoms with Crippen molar-refractivity contribution in [1.82, 2.24) is 4.57 Å². The summed E-state index contributed by atoms with van der Waals surface area (Å²) in [6, 6.07) is 8.05. The molecule has 1 aromatic carbocycles. The lowest BCUT2D eigenvalue weighted by atomic mass is 10.1. The molecule has 100 valence electrons. The maximum atomic E-state index is 13.0. The van der Waals surface area contributed by atoms with Crippen molar-refractivity contribution in [3.8, 4) is 0 Å². The second kappa shape index (κ2) is 5.69. The molecule has 4 heteroatoms. The van der Waals surface area contributed by atoms with E-state index in [1.54, 1.807) is 29.0 Å². The highest BCUT2D eigenvalue weighted by Gasteiger charge is 2.01. The van der Waals surface area contributed by atoms with Crippen LogP contribution in [-0.2, 0) is 13.1 Å². The number of anilines is 1. The SMILES string of the molecule is CCn1cc(NCc2ccc(F)cc2C)ccc1=O. The van der Waals surface area contributed by atoms with Crippen molar-refractivity contribution >= 4 is 5.69 Å². The molecule has 0 unspecified atom stereocenters. The lowest BCUT2D eigenvalue weighted by molar-refractivity contribution is 0.625. The fourth-order valence-electron chi connectivity index (χ4n) is 1.94. The Morgan fingerprint density at radius 2 is 2.05 bits per heavy atom. The smallest absolute Gasteiger partial charge is 0.250 e. The summed E-state index contributed by atoms with van der Waals surface area (Å²) in [6.07, 6.45) is 1.79. The van der Waals surface area contributed by atoms with Gasteiger partial charge in [-0.2, -0.15) is 0 Å². The van der Waals surface area contributed by atoms with Gasteiger partial charge in [0.25, 0.3) is 5.56 Å². The van der Waals surface area contributed by atoms with Crippen LogP contribution in [0.25, 0.3) is 0 Å². The van der Waals surface area contributed by atoms with Gasteiger partial charge < -0.3 is 9.88 Å². The van der Waals surface area contributed by atoms with Crippen LogP contribution in [0.2, 0.25) is 0 Å². The van der Waals surface area contributed by atoms with Crippen LogP contribution in [-0.4, -0.2) is 4.57 Å². The average molecular weight is 260 g/mol. The van der Waals surface area contributed by atoms with Gasteiger partial charge in [0.15, 0.2) is 0 Å². The fourth-order valence-corrected chi connectivity index (χ4v) is 1.94. The lowest BCUT2D eigenvalue weighted by Gasteiger charge is -2.10. The molecule has 0 aliphatic carbocycles. The summed E-state index contributed by atoms with van der Waals surface area (Å²) in [5, 5.41) is 3.24. The molecule has 0 fully saturated rings. The van der Waals surface area contributed by atoms with E-state index in [2.05, 4.69) is 5.32 Å². The Morgan fingerprint density at radius 3 is 2.74 bits per heavy atom. The van der Waals surface area contributed by atoms with Crippen molar-refractivity contribution in [1.29, 1.82) is 0 Å². The largest absolute Gasteiger partial charge is 0.380 e. The average Bonchev–Trinajstić information content (AvgIpc) is 2.39. The van der Waals surface area contributed by atoms with E-state index in [0.29, 0.717) is 13.1 Å². The van der Waals surface area contributed by atoms with Crippen molar-refractivity contribution in [3.05, 3.63) is 63.8 Å². The number of aryl methyl sites for hydroxylation is 2. The highest BCUT2D eigenvalue weighted by atomic mass is 19.1.